The average Bonchev–Trinajstić information content (AvgIpc) is 2.89. The number of esters is 2. The fourth-order valence-corrected chi connectivity index (χ4v) is 3.38. The van der Waals surface area contributed by atoms with Crippen LogP contribution in [0.1, 0.15) is 34.6 Å². The SMILES string of the molecule is CCOC(=O)c1c[nH]c2cc(OC)ccc2c1=O.CCOC(=O)c1c[nH]c2cc(OC)ccc2c1=O. The van der Waals surface area contributed by atoms with Crippen molar-refractivity contribution in [3.63, 3.8) is 0 Å². The molecular weight excluding hydrogens is 468 g/mol. The van der Waals surface area contributed by atoms with Crippen molar-refractivity contribution in [2.45, 2.75) is 13.8 Å². The van der Waals surface area contributed by atoms with Crippen LogP contribution in [0.25, 0.3) is 21.8 Å². The molecule has 0 fully saturated rings. The number of methoxy groups -OCH3 is 2. The van der Waals surface area contributed by atoms with Crippen LogP contribution in [0.3, 0.4) is 0 Å². The van der Waals surface area contributed by atoms with Gasteiger partial charge in [0.2, 0.25) is 10.9 Å². The number of carbonyl (C=O) groups excluding carboxylic acids is 2. The Labute approximate surface area is 205 Å². The van der Waals surface area contributed by atoms with E-state index in [1.54, 1.807) is 64.5 Å². The lowest BCUT2D eigenvalue weighted by atomic mass is 10.1. The van der Waals surface area contributed by atoms with Gasteiger partial charge in [-0.25, -0.2) is 9.59 Å². The van der Waals surface area contributed by atoms with Crippen molar-refractivity contribution < 1.29 is 28.5 Å². The molecule has 2 aromatic heterocycles. The smallest absolute Gasteiger partial charge is 0.343 e. The summed E-state index contributed by atoms with van der Waals surface area (Å²) in [5, 5.41) is 0.864. The van der Waals surface area contributed by atoms with Crippen molar-refractivity contribution in [3.05, 3.63) is 80.4 Å². The van der Waals surface area contributed by atoms with Crippen LogP contribution in [0.15, 0.2) is 58.4 Å². The monoisotopic (exact) mass is 494 g/mol. The number of fused-ring (bicyclic) bond motifs is 2. The van der Waals surface area contributed by atoms with Crippen LogP contribution >= 0.6 is 0 Å². The topological polar surface area (TPSA) is 137 Å². The number of nitrogens with one attached hydrogen (secondary N) is 2. The predicted molar refractivity (Wildman–Crippen MR) is 134 cm³/mol. The number of carbonyl (C=O) groups is 2. The molecule has 10 heteroatoms. The number of H-pyrrole nitrogens is 2. The van der Waals surface area contributed by atoms with Crippen molar-refractivity contribution in [1.29, 1.82) is 0 Å². The third-order valence-electron chi connectivity index (χ3n) is 5.17. The van der Waals surface area contributed by atoms with E-state index < -0.39 is 11.9 Å². The molecule has 0 aliphatic carbocycles. The van der Waals surface area contributed by atoms with E-state index in [1.807, 2.05) is 0 Å². The second-order valence-corrected chi connectivity index (χ2v) is 7.33. The summed E-state index contributed by atoms with van der Waals surface area (Å²) in [5.41, 5.74) is 0.568. The molecule has 2 N–H and O–H groups in total. The maximum Gasteiger partial charge on any atom is 0.343 e. The fraction of sp³-hybridized carbons (Fsp3) is 0.231. The van der Waals surface area contributed by atoms with E-state index >= 15 is 0 Å². The molecule has 0 saturated heterocycles. The summed E-state index contributed by atoms with van der Waals surface area (Å²) in [6, 6.07) is 9.99. The fourth-order valence-electron chi connectivity index (χ4n) is 3.38. The van der Waals surface area contributed by atoms with Gasteiger partial charge in [0.1, 0.15) is 22.6 Å². The molecule has 0 bridgehead atoms. The number of pyridine rings is 2. The Kier molecular flexibility index (Phi) is 8.45. The third kappa shape index (κ3) is 5.54. The molecular formula is C26H26N2O8. The predicted octanol–water partition coefficient (Wildman–Crippen LogP) is 3.43. The average molecular weight is 495 g/mol. The number of aromatic nitrogens is 2. The third-order valence-corrected chi connectivity index (χ3v) is 5.17. The molecule has 0 atom stereocenters. The van der Waals surface area contributed by atoms with Crippen LogP contribution in [-0.4, -0.2) is 49.3 Å². The summed E-state index contributed by atoms with van der Waals surface area (Å²) < 4.78 is 19.8. The van der Waals surface area contributed by atoms with Crippen LogP contribution in [0.4, 0.5) is 0 Å². The van der Waals surface area contributed by atoms with Crippen LogP contribution in [-0.2, 0) is 9.47 Å². The summed E-state index contributed by atoms with van der Waals surface area (Å²) in [6.07, 6.45) is 2.73. The van der Waals surface area contributed by atoms with Gasteiger partial charge in [-0.3, -0.25) is 9.59 Å². The number of rotatable bonds is 6. The Morgan fingerprint density at radius 1 is 0.694 bits per heavy atom. The minimum Gasteiger partial charge on any atom is -0.497 e. The highest BCUT2D eigenvalue weighted by Gasteiger charge is 2.15. The van der Waals surface area contributed by atoms with E-state index in [0.717, 1.165) is 0 Å². The van der Waals surface area contributed by atoms with Gasteiger partial charge < -0.3 is 28.9 Å². The summed E-state index contributed by atoms with van der Waals surface area (Å²) in [7, 11) is 3.10. The van der Waals surface area contributed by atoms with E-state index in [0.29, 0.717) is 33.3 Å². The zero-order valence-corrected chi connectivity index (χ0v) is 20.3. The molecule has 188 valence electrons. The van der Waals surface area contributed by atoms with Crippen molar-refractivity contribution in [2.75, 3.05) is 27.4 Å². The normalized spacial score (nSPS) is 10.3. The van der Waals surface area contributed by atoms with E-state index in [4.69, 9.17) is 18.9 Å². The van der Waals surface area contributed by atoms with E-state index in [9.17, 15) is 19.2 Å². The molecule has 0 unspecified atom stereocenters. The van der Waals surface area contributed by atoms with Gasteiger partial charge in [0.05, 0.1) is 38.5 Å². The summed E-state index contributed by atoms with van der Waals surface area (Å²) in [6.45, 7) is 3.86. The summed E-state index contributed by atoms with van der Waals surface area (Å²) in [4.78, 5) is 53.1. The Morgan fingerprint density at radius 2 is 1.08 bits per heavy atom. The number of hydrogen-bond acceptors (Lipinski definition) is 8. The zero-order chi connectivity index (χ0) is 26.2. The molecule has 36 heavy (non-hydrogen) atoms. The Bertz CT molecular complexity index is 1410. The Morgan fingerprint density at radius 3 is 1.42 bits per heavy atom. The van der Waals surface area contributed by atoms with Gasteiger partial charge in [-0.1, -0.05) is 0 Å². The lowest BCUT2D eigenvalue weighted by Gasteiger charge is -2.05. The lowest BCUT2D eigenvalue weighted by molar-refractivity contribution is 0.0515. The van der Waals surface area contributed by atoms with Gasteiger partial charge in [-0.2, -0.15) is 0 Å². The van der Waals surface area contributed by atoms with Crippen LogP contribution in [0.5, 0.6) is 11.5 Å². The second-order valence-electron chi connectivity index (χ2n) is 7.33. The van der Waals surface area contributed by atoms with E-state index in [-0.39, 0.29) is 35.2 Å². The minimum atomic E-state index is -0.614. The first-order chi connectivity index (χ1) is 17.3. The standard InChI is InChI=1S/2C13H13NO4/c2*1-3-18-13(16)10-7-14-11-6-8(17-2)4-5-9(11)12(10)15/h2*4-7H,3H2,1-2H3,(H,14,15). The van der Waals surface area contributed by atoms with E-state index in [1.165, 1.54) is 12.4 Å². The molecule has 10 nitrogen and oxygen atoms in total. The van der Waals surface area contributed by atoms with Crippen LogP contribution in [0.2, 0.25) is 0 Å². The number of ether oxygens (including phenoxy) is 4. The Balaban J connectivity index is 0.000000201. The zero-order valence-electron chi connectivity index (χ0n) is 20.3. The van der Waals surface area contributed by atoms with Crippen molar-refractivity contribution >= 4 is 33.7 Å². The number of hydrogen-bond donors (Lipinski definition) is 2. The van der Waals surface area contributed by atoms with Gasteiger partial charge in [-0.15, -0.1) is 0 Å². The van der Waals surface area contributed by atoms with Crippen molar-refractivity contribution in [1.82, 2.24) is 9.97 Å². The molecule has 4 rings (SSSR count). The van der Waals surface area contributed by atoms with Gasteiger partial charge in [0.25, 0.3) is 0 Å². The largest absolute Gasteiger partial charge is 0.497 e. The quantitative estimate of drug-likeness (QED) is 0.389. The van der Waals surface area contributed by atoms with Crippen molar-refractivity contribution in [3.8, 4) is 11.5 Å². The van der Waals surface area contributed by atoms with Crippen LogP contribution in [0, 0.1) is 0 Å². The molecule has 0 aliphatic rings. The maximum atomic E-state index is 12.1. The minimum absolute atomic E-state index is 0.00881. The summed E-state index contributed by atoms with van der Waals surface area (Å²) in [5.74, 6) is 0.0528. The van der Waals surface area contributed by atoms with Gasteiger partial charge in [-0.05, 0) is 38.1 Å². The molecule has 0 radical (unpaired) electrons. The van der Waals surface area contributed by atoms with Gasteiger partial charge in [0.15, 0.2) is 0 Å². The molecule has 2 heterocycles. The van der Waals surface area contributed by atoms with Gasteiger partial charge >= 0.3 is 11.9 Å². The summed E-state index contributed by atoms with van der Waals surface area (Å²) >= 11 is 0. The van der Waals surface area contributed by atoms with Crippen molar-refractivity contribution in [2.24, 2.45) is 0 Å². The first kappa shape index (κ1) is 26.0. The highest BCUT2D eigenvalue weighted by molar-refractivity contribution is 5.94. The highest BCUT2D eigenvalue weighted by Crippen LogP contribution is 2.18. The van der Waals surface area contributed by atoms with Crippen LogP contribution < -0.4 is 20.3 Å². The Hall–Kier alpha value is -4.60. The van der Waals surface area contributed by atoms with E-state index in [2.05, 4.69) is 9.97 Å². The molecule has 4 aromatic rings. The molecule has 0 aliphatic heterocycles. The van der Waals surface area contributed by atoms with Gasteiger partial charge in [0, 0.05) is 35.3 Å². The first-order valence-electron chi connectivity index (χ1n) is 11.1. The second kappa shape index (κ2) is 11.7. The number of benzene rings is 2. The number of aromatic amines is 2. The molecule has 2 aromatic carbocycles. The molecule has 0 spiro atoms. The first-order valence-corrected chi connectivity index (χ1v) is 11.1. The highest BCUT2D eigenvalue weighted by atomic mass is 16.5. The lowest BCUT2D eigenvalue weighted by Crippen LogP contribution is -2.18. The molecule has 0 amide bonds. The molecule has 0 saturated carbocycles. The maximum absolute atomic E-state index is 12.1.